The average Bonchev–Trinajstić information content (AvgIpc) is 2.26. The summed E-state index contributed by atoms with van der Waals surface area (Å²) in [6, 6.07) is 8.61. The van der Waals surface area contributed by atoms with Crippen LogP contribution in [0.15, 0.2) is 43.0 Å². The van der Waals surface area contributed by atoms with Crippen LogP contribution in [0.25, 0.3) is 0 Å². The Balaban J connectivity index is 2.83. The zero-order chi connectivity index (χ0) is 10.4. The summed E-state index contributed by atoms with van der Waals surface area (Å²) in [5.74, 6) is -0.271. The van der Waals surface area contributed by atoms with Crippen LogP contribution in [0, 0.1) is 0 Å². The van der Waals surface area contributed by atoms with Crippen molar-refractivity contribution in [1.29, 1.82) is 0 Å². The lowest BCUT2D eigenvalue weighted by molar-refractivity contribution is -0.130. The van der Waals surface area contributed by atoms with E-state index in [9.17, 15) is 9.59 Å². The molecule has 0 spiro atoms. The smallest absolute Gasteiger partial charge is 0.294 e. The van der Waals surface area contributed by atoms with Crippen LogP contribution in [0.2, 0.25) is 0 Å². The minimum Gasteiger partial charge on any atom is -0.452 e. The predicted octanol–water partition coefficient (Wildman–Crippen LogP) is 1.60. The molecule has 0 aliphatic rings. The van der Waals surface area contributed by atoms with Gasteiger partial charge in [0.2, 0.25) is 5.78 Å². The van der Waals surface area contributed by atoms with Crippen LogP contribution in [-0.2, 0) is 9.53 Å². The molecule has 3 heteroatoms. The van der Waals surface area contributed by atoms with E-state index in [1.807, 2.05) is 0 Å². The first kappa shape index (κ1) is 10.2. The third-order valence-corrected chi connectivity index (χ3v) is 1.73. The van der Waals surface area contributed by atoms with Gasteiger partial charge in [0.15, 0.2) is 6.10 Å². The van der Waals surface area contributed by atoms with Gasteiger partial charge in [0.25, 0.3) is 6.47 Å². The second-order valence-electron chi connectivity index (χ2n) is 2.62. The van der Waals surface area contributed by atoms with Crippen molar-refractivity contribution < 1.29 is 14.3 Å². The lowest BCUT2D eigenvalue weighted by Crippen LogP contribution is -2.21. The summed E-state index contributed by atoms with van der Waals surface area (Å²) >= 11 is 0. The molecule has 14 heavy (non-hydrogen) atoms. The van der Waals surface area contributed by atoms with Crippen LogP contribution in [-0.4, -0.2) is 18.4 Å². The van der Waals surface area contributed by atoms with Crippen molar-refractivity contribution in [1.82, 2.24) is 0 Å². The molecule has 0 aliphatic heterocycles. The quantitative estimate of drug-likeness (QED) is 0.402. The fourth-order valence-corrected chi connectivity index (χ4v) is 1.05. The van der Waals surface area contributed by atoms with E-state index < -0.39 is 6.10 Å². The van der Waals surface area contributed by atoms with Gasteiger partial charge in [0.05, 0.1) is 0 Å². The van der Waals surface area contributed by atoms with Gasteiger partial charge in [-0.2, -0.15) is 0 Å². The fourth-order valence-electron chi connectivity index (χ4n) is 1.05. The topological polar surface area (TPSA) is 43.4 Å². The highest BCUT2D eigenvalue weighted by Gasteiger charge is 2.16. The van der Waals surface area contributed by atoms with Gasteiger partial charge in [-0.25, -0.2) is 0 Å². The molecule has 0 bridgehead atoms. The van der Waals surface area contributed by atoms with E-state index in [2.05, 4.69) is 11.3 Å². The van der Waals surface area contributed by atoms with Crippen molar-refractivity contribution >= 4 is 12.3 Å². The van der Waals surface area contributed by atoms with Crippen LogP contribution >= 0.6 is 0 Å². The predicted molar refractivity (Wildman–Crippen MR) is 51.9 cm³/mol. The molecular weight excluding hydrogens is 180 g/mol. The average molecular weight is 190 g/mol. The first-order chi connectivity index (χ1) is 6.79. The zero-order valence-electron chi connectivity index (χ0n) is 7.55. The minimum absolute atomic E-state index is 0.243. The van der Waals surface area contributed by atoms with E-state index in [1.54, 1.807) is 30.3 Å². The number of hydrogen-bond acceptors (Lipinski definition) is 3. The normalized spacial score (nSPS) is 11.4. The lowest BCUT2D eigenvalue weighted by atomic mass is 10.1. The molecule has 3 nitrogen and oxygen atoms in total. The van der Waals surface area contributed by atoms with Crippen LogP contribution in [0.1, 0.15) is 10.4 Å². The van der Waals surface area contributed by atoms with Crippen molar-refractivity contribution in [2.24, 2.45) is 0 Å². The van der Waals surface area contributed by atoms with Crippen molar-refractivity contribution in [3.8, 4) is 0 Å². The molecule has 0 fully saturated rings. The molecule has 1 rings (SSSR count). The third kappa shape index (κ3) is 2.29. The molecule has 0 aromatic heterocycles. The van der Waals surface area contributed by atoms with Gasteiger partial charge in [0, 0.05) is 5.56 Å². The molecular formula is C11H10O3. The summed E-state index contributed by atoms with van der Waals surface area (Å²) in [5.41, 5.74) is 0.499. The lowest BCUT2D eigenvalue weighted by Gasteiger charge is -2.08. The van der Waals surface area contributed by atoms with Crippen LogP contribution < -0.4 is 0 Å². The number of rotatable bonds is 5. The highest BCUT2D eigenvalue weighted by Crippen LogP contribution is 2.06. The Kier molecular flexibility index (Phi) is 3.61. The number of hydrogen-bond donors (Lipinski definition) is 0. The van der Waals surface area contributed by atoms with E-state index in [4.69, 9.17) is 0 Å². The van der Waals surface area contributed by atoms with Crippen molar-refractivity contribution in [2.75, 3.05) is 0 Å². The molecule has 0 saturated heterocycles. The molecule has 1 atom stereocenters. The highest BCUT2D eigenvalue weighted by atomic mass is 16.5. The summed E-state index contributed by atoms with van der Waals surface area (Å²) in [4.78, 5) is 21.7. The number of carbonyl (C=O) groups is 2. The van der Waals surface area contributed by atoms with Gasteiger partial charge in [0.1, 0.15) is 0 Å². The largest absolute Gasteiger partial charge is 0.452 e. The van der Waals surface area contributed by atoms with Gasteiger partial charge in [-0.05, 0) is 6.08 Å². The fraction of sp³-hybridized carbons (Fsp3) is 0.0909. The number of benzene rings is 1. The van der Waals surface area contributed by atoms with Gasteiger partial charge < -0.3 is 4.74 Å². The number of Topliss-reactive ketones (excluding diaryl/α,β-unsaturated/α-hetero) is 1. The van der Waals surface area contributed by atoms with E-state index in [1.165, 1.54) is 6.08 Å². The van der Waals surface area contributed by atoms with Crippen LogP contribution in [0.4, 0.5) is 0 Å². The Hall–Kier alpha value is -1.90. The van der Waals surface area contributed by atoms with Crippen LogP contribution in [0.5, 0.6) is 0 Å². The Morgan fingerprint density at radius 1 is 1.36 bits per heavy atom. The third-order valence-electron chi connectivity index (χ3n) is 1.73. The van der Waals surface area contributed by atoms with E-state index in [0.717, 1.165) is 0 Å². The van der Waals surface area contributed by atoms with Gasteiger partial charge in [-0.3, -0.25) is 9.59 Å². The van der Waals surface area contributed by atoms with Gasteiger partial charge in [-0.1, -0.05) is 36.9 Å². The second-order valence-corrected chi connectivity index (χ2v) is 2.62. The Labute approximate surface area is 82.0 Å². The molecule has 1 unspecified atom stereocenters. The Morgan fingerprint density at radius 3 is 2.50 bits per heavy atom. The van der Waals surface area contributed by atoms with Crippen molar-refractivity contribution in [3.05, 3.63) is 48.6 Å². The molecule has 0 N–H and O–H groups in total. The number of ketones is 1. The summed E-state index contributed by atoms with van der Waals surface area (Å²) < 4.78 is 4.56. The van der Waals surface area contributed by atoms with Gasteiger partial charge in [-0.15, -0.1) is 0 Å². The summed E-state index contributed by atoms with van der Waals surface area (Å²) in [6.45, 7) is 3.66. The summed E-state index contributed by atoms with van der Waals surface area (Å²) in [6.07, 6.45) is 0.402. The SMILES string of the molecule is C=CC(OC=O)C(=O)c1ccccc1. The van der Waals surface area contributed by atoms with Crippen molar-refractivity contribution in [2.45, 2.75) is 6.10 Å². The maximum absolute atomic E-state index is 11.6. The molecule has 0 saturated carbocycles. The monoisotopic (exact) mass is 190 g/mol. The number of ether oxygens (including phenoxy) is 1. The molecule has 0 heterocycles. The first-order valence-corrected chi connectivity index (χ1v) is 4.10. The first-order valence-electron chi connectivity index (χ1n) is 4.10. The maximum atomic E-state index is 11.6. The second kappa shape index (κ2) is 4.97. The van der Waals surface area contributed by atoms with E-state index >= 15 is 0 Å². The summed E-state index contributed by atoms with van der Waals surface area (Å²) in [5, 5.41) is 0. The zero-order valence-corrected chi connectivity index (χ0v) is 7.55. The van der Waals surface area contributed by atoms with E-state index in [-0.39, 0.29) is 12.3 Å². The number of carbonyl (C=O) groups excluding carboxylic acids is 2. The maximum Gasteiger partial charge on any atom is 0.294 e. The molecule has 1 aromatic carbocycles. The molecule has 0 amide bonds. The molecule has 72 valence electrons. The molecule has 0 aliphatic carbocycles. The van der Waals surface area contributed by atoms with Gasteiger partial charge >= 0.3 is 0 Å². The Bertz CT molecular complexity index is 330. The standard InChI is InChI=1S/C11H10O3/c1-2-10(14-8-12)11(13)9-6-4-3-5-7-9/h2-8,10H,1H2. The van der Waals surface area contributed by atoms with Crippen LogP contribution in [0.3, 0.4) is 0 Å². The van der Waals surface area contributed by atoms with Crippen molar-refractivity contribution in [3.63, 3.8) is 0 Å². The highest BCUT2D eigenvalue weighted by molar-refractivity contribution is 6.01. The molecule has 1 aromatic rings. The molecule has 0 radical (unpaired) electrons. The minimum atomic E-state index is -0.894. The Morgan fingerprint density at radius 2 is 2.00 bits per heavy atom. The van der Waals surface area contributed by atoms with E-state index in [0.29, 0.717) is 5.56 Å². The summed E-state index contributed by atoms with van der Waals surface area (Å²) in [7, 11) is 0.